The minimum Gasteiger partial charge on any atom is -0.497 e. The number of methoxy groups -OCH3 is 1. The number of carbonyl (C=O) groups is 1. The highest BCUT2D eigenvalue weighted by molar-refractivity contribution is 5.69. The third-order valence-corrected chi connectivity index (χ3v) is 3.51. The number of rotatable bonds is 4. The van der Waals surface area contributed by atoms with E-state index in [1.165, 1.54) is 5.56 Å². The Kier molecular flexibility index (Phi) is 4.20. The van der Waals surface area contributed by atoms with Gasteiger partial charge in [0, 0.05) is 0 Å². The normalized spacial score (nSPS) is 17.6. The van der Waals surface area contributed by atoms with E-state index < -0.39 is 5.97 Å². The Morgan fingerprint density at radius 3 is 2.78 bits per heavy atom. The van der Waals surface area contributed by atoms with Crippen LogP contribution < -0.4 is 4.74 Å². The maximum absolute atomic E-state index is 10.6. The molecule has 0 aliphatic carbocycles. The van der Waals surface area contributed by atoms with E-state index in [1.807, 2.05) is 17.0 Å². The lowest BCUT2D eigenvalue weighted by Gasteiger charge is -2.31. The second-order valence-corrected chi connectivity index (χ2v) is 4.72. The molecule has 1 N–H and O–H groups in total. The highest BCUT2D eigenvalue weighted by Gasteiger charge is 2.21. The monoisotopic (exact) mass is 249 g/mol. The van der Waals surface area contributed by atoms with Gasteiger partial charge in [-0.15, -0.1) is 0 Å². The lowest BCUT2D eigenvalue weighted by Crippen LogP contribution is -2.36. The molecular weight excluding hydrogens is 230 g/mol. The zero-order valence-electron chi connectivity index (χ0n) is 10.6. The van der Waals surface area contributed by atoms with Gasteiger partial charge in [0.15, 0.2) is 0 Å². The topological polar surface area (TPSA) is 49.8 Å². The largest absolute Gasteiger partial charge is 0.497 e. The van der Waals surface area contributed by atoms with Gasteiger partial charge in [0.05, 0.1) is 13.7 Å². The number of ether oxygens (including phenoxy) is 1. The van der Waals surface area contributed by atoms with Crippen LogP contribution in [0.3, 0.4) is 0 Å². The van der Waals surface area contributed by atoms with Crippen molar-refractivity contribution in [3.05, 3.63) is 29.8 Å². The molecule has 4 nitrogen and oxygen atoms in total. The Hall–Kier alpha value is -1.55. The van der Waals surface area contributed by atoms with Crippen molar-refractivity contribution in [2.24, 2.45) is 0 Å². The standard InChI is InChI=1S/C14H19NO3/c1-18-13-4-2-3-12(9-13)11-5-7-15(8-6-11)10-14(16)17/h2-4,9,11H,5-8,10H2,1H3,(H,16,17). The molecule has 0 saturated carbocycles. The van der Waals surface area contributed by atoms with Crippen LogP contribution in [-0.2, 0) is 4.79 Å². The van der Waals surface area contributed by atoms with Crippen LogP contribution in [0.15, 0.2) is 24.3 Å². The number of likely N-dealkylation sites (tertiary alicyclic amines) is 1. The molecule has 1 fully saturated rings. The fourth-order valence-corrected chi connectivity index (χ4v) is 2.51. The third-order valence-electron chi connectivity index (χ3n) is 3.51. The van der Waals surface area contributed by atoms with E-state index in [2.05, 4.69) is 12.1 Å². The first-order valence-corrected chi connectivity index (χ1v) is 6.27. The van der Waals surface area contributed by atoms with Gasteiger partial charge < -0.3 is 9.84 Å². The van der Waals surface area contributed by atoms with Crippen molar-refractivity contribution in [2.75, 3.05) is 26.7 Å². The number of carboxylic acid groups (broad SMARTS) is 1. The minimum atomic E-state index is -0.741. The van der Waals surface area contributed by atoms with Crippen molar-refractivity contribution >= 4 is 5.97 Å². The molecule has 1 heterocycles. The summed E-state index contributed by atoms with van der Waals surface area (Å²) in [4.78, 5) is 12.6. The molecule has 0 bridgehead atoms. The maximum Gasteiger partial charge on any atom is 0.317 e. The zero-order chi connectivity index (χ0) is 13.0. The van der Waals surface area contributed by atoms with Crippen LogP contribution in [0.5, 0.6) is 5.75 Å². The third kappa shape index (κ3) is 3.23. The van der Waals surface area contributed by atoms with E-state index in [0.717, 1.165) is 31.7 Å². The molecule has 0 radical (unpaired) electrons. The van der Waals surface area contributed by atoms with Crippen LogP contribution in [0.4, 0.5) is 0 Å². The molecule has 1 aliphatic rings. The zero-order valence-corrected chi connectivity index (χ0v) is 10.6. The summed E-state index contributed by atoms with van der Waals surface area (Å²) in [6, 6.07) is 8.17. The summed E-state index contributed by atoms with van der Waals surface area (Å²) in [6.07, 6.45) is 2.03. The first kappa shape index (κ1) is 12.9. The van der Waals surface area contributed by atoms with E-state index in [9.17, 15) is 4.79 Å². The van der Waals surface area contributed by atoms with Gasteiger partial charge in [-0.05, 0) is 49.5 Å². The van der Waals surface area contributed by atoms with E-state index in [4.69, 9.17) is 9.84 Å². The first-order valence-electron chi connectivity index (χ1n) is 6.27. The van der Waals surface area contributed by atoms with Gasteiger partial charge in [-0.2, -0.15) is 0 Å². The Balaban J connectivity index is 1.94. The molecule has 0 amide bonds. The van der Waals surface area contributed by atoms with Crippen LogP contribution in [0.2, 0.25) is 0 Å². The average Bonchev–Trinajstić information content (AvgIpc) is 2.39. The predicted molar refractivity (Wildman–Crippen MR) is 69.0 cm³/mol. The van der Waals surface area contributed by atoms with Crippen LogP contribution in [0.1, 0.15) is 24.3 Å². The summed E-state index contributed by atoms with van der Waals surface area (Å²) in [5, 5.41) is 8.76. The summed E-state index contributed by atoms with van der Waals surface area (Å²) < 4.78 is 5.23. The number of hydrogen-bond donors (Lipinski definition) is 1. The molecule has 18 heavy (non-hydrogen) atoms. The molecule has 98 valence electrons. The first-order chi connectivity index (χ1) is 8.69. The Labute approximate surface area is 107 Å². The Morgan fingerprint density at radius 2 is 2.17 bits per heavy atom. The molecule has 0 atom stereocenters. The molecule has 1 aromatic carbocycles. The van der Waals surface area contributed by atoms with E-state index in [-0.39, 0.29) is 6.54 Å². The molecule has 1 aromatic rings. The molecule has 0 spiro atoms. The smallest absolute Gasteiger partial charge is 0.317 e. The summed E-state index contributed by atoms with van der Waals surface area (Å²) in [6.45, 7) is 1.87. The number of benzene rings is 1. The summed E-state index contributed by atoms with van der Waals surface area (Å²) >= 11 is 0. The van der Waals surface area contributed by atoms with Crippen LogP contribution in [0, 0.1) is 0 Å². The van der Waals surface area contributed by atoms with E-state index in [0.29, 0.717) is 5.92 Å². The van der Waals surface area contributed by atoms with Gasteiger partial charge in [-0.3, -0.25) is 9.69 Å². The van der Waals surface area contributed by atoms with Gasteiger partial charge in [0.25, 0.3) is 0 Å². The van der Waals surface area contributed by atoms with Crippen molar-refractivity contribution in [3.63, 3.8) is 0 Å². The molecule has 1 aliphatic heterocycles. The van der Waals surface area contributed by atoms with Gasteiger partial charge in [0.1, 0.15) is 5.75 Å². The highest BCUT2D eigenvalue weighted by atomic mass is 16.5. The lowest BCUT2D eigenvalue weighted by molar-refractivity contribution is -0.138. The predicted octanol–water partition coefficient (Wildman–Crippen LogP) is 1.96. The Morgan fingerprint density at radius 1 is 1.44 bits per heavy atom. The van der Waals surface area contributed by atoms with Crippen LogP contribution in [-0.4, -0.2) is 42.7 Å². The molecular formula is C14H19NO3. The molecule has 0 aromatic heterocycles. The van der Waals surface area contributed by atoms with Gasteiger partial charge in [-0.25, -0.2) is 0 Å². The minimum absolute atomic E-state index is 0.158. The second kappa shape index (κ2) is 5.87. The Bertz CT molecular complexity index is 411. The van der Waals surface area contributed by atoms with E-state index in [1.54, 1.807) is 7.11 Å². The fraction of sp³-hybridized carbons (Fsp3) is 0.500. The summed E-state index contributed by atoms with van der Waals surface area (Å²) in [5.41, 5.74) is 1.30. The number of carboxylic acids is 1. The number of hydrogen-bond acceptors (Lipinski definition) is 3. The van der Waals surface area contributed by atoms with Crippen molar-refractivity contribution in [2.45, 2.75) is 18.8 Å². The molecule has 1 saturated heterocycles. The van der Waals surface area contributed by atoms with Crippen molar-refractivity contribution in [3.8, 4) is 5.75 Å². The number of nitrogens with zero attached hydrogens (tertiary/aromatic N) is 1. The number of piperidine rings is 1. The molecule has 2 rings (SSSR count). The van der Waals surface area contributed by atoms with Crippen LogP contribution >= 0.6 is 0 Å². The number of aliphatic carboxylic acids is 1. The maximum atomic E-state index is 10.6. The molecule has 4 heteroatoms. The molecule has 0 unspecified atom stereocenters. The lowest BCUT2D eigenvalue weighted by atomic mass is 9.89. The van der Waals surface area contributed by atoms with Crippen molar-refractivity contribution in [1.82, 2.24) is 4.90 Å². The summed E-state index contributed by atoms with van der Waals surface area (Å²) in [7, 11) is 1.68. The fourth-order valence-electron chi connectivity index (χ4n) is 2.51. The van der Waals surface area contributed by atoms with E-state index >= 15 is 0 Å². The van der Waals surface area contributed by atoms with Crippen molar-refractivity contribution < 1.29 is 14.6 Å². The summed E-state index contributed by atoms with van der Waals surface area (Å²) in [5.74, 6) is 0.667. The SMILES string of the molecule is COc1cccc(C2CCN(CC(=O)O)CC2)c1. The highest BCUT2D eigenvalue weighted by Crippen LogP contribution is 2.29. The average molecular weight is 249 g/mol. The van der Waals surface area contributed by atoms with Crippen molar-refractivity contribution in [1.29, 1.82) is 0 Å². The van der Waals surface area contributed by atoms with Gasteiger partial charge >= 0.3 is 5.97 Å². The van der Waals surface area contributed by atoms with Crippen LogP contribution in [0.25, 0.3) is 0 Å². The van der Waals surface area contributed by atoms with Gasteiger partial charge in [0.2, 0.25) is 0 Å². The second-order valence-electron chi connectivity index (χ2n) is 4.72. The van der Waals surface area contributed by atoms with Gasteiger partial charge in [-0.1, -0.05) is 12.1 Å². The quantitative estimate of drug-likeness (QED) is 0.886.